The summed E-state index contributed by atoms with van der Waals surface area (Å²) in [4.78, 5) is 48.2. The highest BCUT2D eigenvalue weighted by molar-refractivity contribution is 6.02. The Labute approximate surface area is 234 Å². The van der Waals surface area contributed by atoms with Gasteiger partial charge < -0.3 is 26.0 Å². The smallest absolute Gasteiger partial charge is 0.343 e. The second kappa shape index (κ2) is 9.45. The number of ether oxygens (including phenoxy) is 1. The maximum atomic E-state index is 13.6. The van der Waals surface area contributed by atoms with Crippen molar-refractivity contribution in [3.05, 3.63) is 59.7 Å². The molecular weight excluding hydrogens is 532 g/mol. The lowest BCUT2D eigenvalue weighted by Gasteiger charge is -2.46. The van der Waals surface area contributed by atoms with Gasteiger partial charge in [-0.2, -0.15) is 0 Å². The van der Waals surface area contributed by atoms with E-state index in [-0.39, 0.29) is 61.0 Å². The molecule has 1 unspecified atom stereocenters. The molecule has 9 N–H and O–H groups in total. The SMILES string of the molecule is Cc1ccccc1Oc1ccccc1C(=O)NC1CN2C(N)=N[C@@H](CN3C(=O)CCC3=O)[C@@H]3[NH+]=C(N)N[C@@]32C1(O)O. The highest BCUT2D eigenvalue weighted by Gasteiger charge is 2.76. The molecule has 1 spiro atoms. The molecular formula is C27H31N8O6+. The Morgan fingerprint density at radius 2 is 1.78 bits per heavy atom. The number of nitrogens with zero attached hydrogens (tertiary/aromatic N) is 3. The molecule has 2 aromatic carbocycles. The highest BCUT2D eigenvalue weighted by atomic mass is 16.5. The van der Waals surface area contributed by atoms with Gasteiger partial charge in [0.2, 0.25) is 17.6 Å². The number of hydrogen-bond acceptors (Lipinski definition) is 11. The van der Waals surface area contributed by atoms with Crippen molar-refractivity contribution in [3.8, 4) is 11.5 Å². The zero-order valence-electron chi connectivity index (χ0n) is 22.2. The van der Waals surface area contributed by atoms with E-state index in [2.05, 4.69) is 20.6 Å². The van der Waals surface area contributed by atoms with Gasteiger partial charge in [0.05, 0.1) is 18.7 Å². The second-order valence-corrected chi connectivity index (χ2v) is 10.6. The Morgan fingerprint density at radius 1 is 1.12 bits per heavy atom. The maximum absolute atomic E-state index is 13.6. The van der Waals surface area contributed by atoms with Crippen LogP contribution in [0.15, 0.2) is 53.5 Å². The first-order valence-electron chi connectivity index (χ1n) is 13.2. The molecule has 2 saturated heterocycles. The lowest BCUT2D eigenvalue weighted by Crippen LogP contribution is -2.90. The van der Waals surface area contributed by atoms with E-state index in [0.717, 1.165) is 10.5 Å². The summed E-state index contributed by atoms with van der Waals surface area (Å²) in [6, 6.07) is 10.9. The Bertz CT molecular complexity index is 1490. The first kappa shape index (κ1) is 26.5. The van der Waals surface area contributed by atoms with Gasteiger partial charge in [-0.1, -0.05) is 30.3 Å². The number of likely N-dealkylation sites (tertiary alicyclic amines) is 1. The molecule has 214 valence electrons. The van der Waals surface area contributed by atoms with Crippen molar-refractivity contribution >= 4 is 29.6 Å². The molecule has 14 nitrogen and oxygen atoms in total. The van der Waals surface area contributed by atoms with E-state index in [1.807, 2.05) is 25.1 Å². The van der Waals surface area contributed by atoms with Crippen molar-refractivity contribution in [2.24, 2.45) is 16.5 Å². The number of guanidine groups is 2. The van der Waals surface area contributed by atoms with Crippen LogP contribution >= 0.6 is 0 Å². The van der Waals surface area contributed by atoms with Gasteiger partial charge in [-0.25, -0.2) is 10.3 Å². The number of nitrogens with one attached hydrogen (secondary N) is 3. The van der Waals surface area contributed by atoms with Gasteiger partial charge >= 0.3 is 5.96 Å². The molecule has 0 radical (unpaired) electrons. The molecule has 0 aromatic heterocycles. The monoisotopic (exact) mass is 563 g/mol. The summed E-state index contributed by atoms with van der Waals surface area (Å²) in [7, 11) is 0. The predicted molar refractivity (Wildman–Crippen MR) is 144 cm³/mol. The largest absolute Gasteiger partial charge is 0.456 e. The molecule has 2 aromatic rings. The lowest BCUT2D eigenvalue weighted by molar-refractivity contribution is -0.521. The number of carbonyl (C=O) groups is 3. The van der Waals surface area contributed by atoms with E-state index in [1.165, 1.54) is 4.90 Å². The molecule has 6 rings (SSSR count). The normalized spacial score (nSPS) is 28.0. The summed E-state index contributed by atoms with van der Waals surface area (Å²) >= 11 is 0. The number of aryl methyl sites for hydroxylation is 1. The van der Waals surface area contributed by atoms with Gasteiger partial charge in [-0.3, -0.25) is 34.9 Å². The summed E-state index contributed by atoms with van der Waals surface area (Å²) in [5.41, 5.74) is 11.7. The van der Waals surface area contributed by atoms with Crippen LogP contribution in [-0.2, 0) is 9.59 Å². The van der Waals surface area contributed by atoms with Crippen LogP contribution in [0.4, 0.5) is 0 Å². The second-order valence-electron chi connectivity index (χ2n) is 10.6. The Kier molecular flexibility index (Phi) is 6.12. The van der Waals surface area contributed by atoms with Gasteiger partial charge in [0, 0.05) is 12.8 Å². The molecule has 0 aliphatic carbocycles. The fourth-order valence-electron chi connectivity index (χ4n) is 6.10. The number of amides is 3. The number of hydrogen-bond donors (Lipinski definition) is 7. The predicted octanol–water partition coefficient (Wildman–Crippen LogP) is -3.21. The molecule has 0 saturated carbocycles. The van der Waals surface area contributed by atoms with Crippen molar-refractivity contribution in [1.82, 2.24) is 20.4 Å². The number of aliphatic hydroxyl groups is 2. The minimum absolute atomic E-state index is 0.0189. The van der Waals surface area contributed by atoms with Gasteiger partial charge in [0.25, 0.3) is 11.6 Å². The van der Waals surface area contributed by atoms with Gasteiger partial charge in [0.15, 0.2) is 12.0 Å². The highest BCUT2D eigenvalue weighted by Crippen LogP contribution is 2.41. The topological polar surface area (TPSA) is 210 Å². The standard InChI is InChI=1S/C27H30N8O6/c1-14-6-2-4-8-17(14)41-18-9-5-3-7-15(18)23(38)31-19-13-35-25(29)30-16(12-34-20(36)10-11-21(34)37)22-26(35,27(19,39)40)33-24(28)32-22/h2-9,16,19,22,39-40H,10-13H2,1H3,(H2,29,30)(H,31,38)(H3,28,32,33)/p+1/t16-,19?,22-,26-/m0/s1. The van der Waals surface area contributed by atoms with Crippen molar-refractivity contribution in [2.45, 2.75) is 49.3 Å². The first-order valence-corrected chi connectivity index (χ1v) is 13.2. The van der Waals surface area contributed by atoms with E-state index in [9.17, 15) is 24.6 Å². The molecule has 4 atom stereocenters. The van der Waals surface area contributed by atoms with Crippen LogP contribution in [0.1, 0.15) is 28.8 Å². The summed E-state index contributed by atoms with van der Waals surface area (Å²) in [6.07, 6.45) is 0.194. The van der Waals surface area contributed by atoms with Crippen molar-refractivity contribution in [2.75, 3.05) is 13.1 Å². The number of nitrogens with two attached hydrogens (primary N) is 2. The van der Waals surface area contributed by atoms with Crippen LogP contribution in [0, 0.1) is 6.92 Å². The van der Waals surface area contributed by atoms with Crippen molar-refractivity contribution in [1.29, 1.82) is 0 Å². The Balaban J connectivity index is 1.29. The maximum Gasteiger partial charge on any atom is 0.343 e. The zero-order valence-corrected chi connectivity index (χ0v) is 22.2. The lowest BCUT2D eigenvalue weighted by atomic mass is 9.84. The fraction of sp³-hybridized carbons (Fsp3) is 0.370. The van der Waals surface area contributed by atoms with Crippen molar-refractivity contribution in [3.63, 3.8) is 0 Å². The molecule has 41 heavy (non-hydrogen) atoms. The zero-order chi connectivity index (χ0) is 29.1. The number of imide groups is 1. The fourth-order valence-corrected chi connectivity index (χ4v) is 6.10. The molecule has 4 aliphatic heterocycles. The van der Waals surface area contributed by atoms with Gasteiger partial charge in [0.1, 0.15) is 23.6 Å². The summed E-state index contributed by atoms with van der Waals surface area (Å²) in [6.45, 7) is 1.62. The van der Waals surface area contributed by atoms with E-state index in [1.54, 1.807) is 30.3 Å². The molecule has 4 aliphatic rings. The van der Waals surface area contributed by atoms with Gasteiger partial charge in [-0.05, 0) is 30.7 Å². The van der Waals surface area contributed by atoms with E-state index in [0.29, 0.717) is 5.75 Å². The number of para-hydroxylation sites is 2. The quantitative estimate of drug-likeness (QED) is 0.138. The first-order chi connectivity index (χ1) is 19.5. The number of aliphatic imine (C=N–C) groups is 1. The Hall–Kier alpha value is -4.69. The molecule has 2 fully saturated rings. The van der Waals surface area contributed by atoms with Crippen LogP contribution in [-0.4, -0.2) is 92.3 Å². The minimum atomic E-state index is -2.65. The van der Waals surface area contributed by atoms with Crippen LogP contribution in [0.3, 0.4) is 0 Å². The van der Waals surface area contributed by atoms with E-state index < -0.39 is 35.5 Å². The average Bonchev–Trinajstić information content (AvgIpc) is 3.53. The summed E-state index contributed by atoms with van der Waals surface area (Å²) in [5, 5.41) is 29.0. The molecule has 0 bridgehead atoms. The van der Waals surface area contributed by atoms with E-state index in [4.69, 9.17) is 16.2 Å². The third-order valence-electron chi connectivity index (χ3n) is 8.16. The summed E-state index contributed by atoms with van der Waals surface area (Å²) < 4.78 is 6.03. The minimum Gasteiger partial charge on any atom is -0.456 e. The van der Waals surface area contributed by atoms with Crippen LogP contribution in [0.2, 0.25) is 0 Å². The summed E-state index contributed by atoms with van der Waals surface area (Å²) in [5.74, 6) is -3.13. The average molecular weight is 564 g/mol. The van der Waals surface area contributed by atoms with Gasteiger partial charge in [-0.15, -0.1) is 0 Å². The molecule has 14 heteroatoms. The van der Waals surface area contributed by atoms with Crippen LogP contribution < -0.4 is 31.8 Å². The molecule has 3 amide bonds. The van der Waals surface area contributed by atoms with E-state index >= 15 is 0 Å². The molecule has 4 heterocycles. The van der Waals surface area contributed by atoms with Crippen LogP contribution in [0.5, 0.6) is 11.5 Å². The third kappa shape index (κ3) is 4.05. The van der Waals surface area contributed by atoms with Crippen LogP contribution in [0.25, 0.3) is 0 Å². The number of carbonyl (C=O) groups excluding carboxylic acids is 3. The number of benzene rings is 2. The third-order valence-corrected chi connectivity index (χ3v) is 8.16. The van der Waals surface area contributed by atoms with Crippen molar-refractivity contribution < 1.29 is 34.3 Å². The number of rotatable bonds is 6. The Morgan fingerprint density at radius 3 is 2.49 bits per heavy atom.